The van der Waals surface area contributed by atoms with Gasteiger partial charge in [-0.05, 0) is 30.5 Å². The largest absolute Gasteiger partial charge is 0.370 e. The average molecular weight is 277 g/mol. The van der Waals surface area contributed by atoms with Crippen LogP contribution < -0.4 is 11.1 Å². The van der Waals surface area contributed by atoms with E-state index in [2.05, 4.69) is 17.2 Å². The van der Waals surface area contributed by atoms with Crippen LogP contribution in [-0.4, -0.2) is 35.0 Å². The second kappa shape index (κ2) is 8.90. The van der Waals surface area contributed by atoms with E-state index in [1.807, 2.05) is 12.1 Å². The van der Waals surface area contributed by atoms with Gasteiger partial charge in [-0.2, -0.15) is 0 Å². The Kier molecular flexibility index (Phi) is 7.10. The van der Waals surface area contributed by atoms with Crippen molar-refractivity contribution in [2.45, 2.75) is 32.6 Å². The van der Waals surface area contributed by atoms with Crippen molar-refractivity contribution in [3.05, 3.63) is 30.1 Å². The summed E-state index contributed by atoms with van der Waals surface area (Å²) in [5.41, 5.74) is 6.53. The lowest BCUT2D eigenvalue weighted by Gasteiger charge is -2.21. The smallest absolute Gasteiger partial charge is 0.324 e. The van der Waals surface area contributed by atoms with Gasteiger partial charge >= 0.3 is 6.03 Å². The summed E-state index contributed by atoms with van der Waals surface area (Å²) in [7, 11) is 0. The van der Waals surface area contributed by atoms with Crippen LogP contribution in [0.3, 0.4) is 0 Å². The van der Waals surface area contributed by atoms with Crippen molar-refractivity contribution >= 4 is 12.0 Å². The summed E-state index contributed by atoms with van der Waals surface area (Å²) in [4.78, 5) is 17.1. The molecule has 1 aromatic rings. The van der Waals surface area contributed by atoms with Crippen LogP contribution in [-0.2, 0) is 6.42 Å². The highest BCUT2D eigenvalue weighted by Crippen LogP contribution is 2.00. The number of nitrogens with zero attached hydrogens (tertiary/aromatic N) is 2. The maximum Gasteiger partial charge on any atom is 0.324 e. The van der Waals surface area contributed by atoms with Crippen molar-refractivity contribution in [3.63, 3.8) is 0 Å². The number of nitrogens with two attached hydrogens (primary N) is 1. The highest BCUT2D eigenvalue weighted by atomic mass is 16.2. The lowest BCUT2D eigenvalue weighted by atomic mass is 10.2. The molecular weight excluding hydrogens is 254 g/mol. The number of unbranched alkanes of at least 4 members (excludes halogenated alkanes) is 2. The van der Waals surface area contributed by atoms with E-state index in [1.54, 1.807) is 12.4 Å². The fourth-order valence-electron chi connectivity index (χ4n) is 1.79. The van der Waals surface area contributed by atoms with Crippen LogP contribution in [0.25, 0.3) is 0 Å². The predicted octanol–water partition coefficient (Wildman–Crippen LogP) is 1.72. The minimum atomic E-state index is -0.303. The molecule has 0 spiro atoms. The number of guanidine groups is 1. The van der Waals surface area contributed by atoms with E-state index in [9.17, 15) is 4.79 Å². The summed E-state index contributed by atoms with van der Waals surface area (Å²) in [6.07, 6.45) is 7.19. The van der Waals surface area contributed by atoms with Crippen molar-refractivity contribution in [1.29, 1.82) is 5.41 Å². The third-order valence-corrected chi connectivity index (χ3v) is 2.97. The molecular formula is C14H23N5O. The van der Waals surface area contributed by atoms with E-state index >= 15 is 0 Å². The highest BCUT2D eigenvalue weighted by Gasteiger charge is 2.15. The van der Waals surface area contributed by atoms with Crippen LogP contribution in [0.5, 0.6) is 0 Å². The molecule has 0 aliphatic carbocycles. The molecule has 0 unspecified atom stereocenters. The number of urea groups is 1. The SMILES string of the molecule is CCCCCNC(=O)N(CCc1ccncc1)C(=N)N. The maximum atomic E-state index is 12.0. The summed E-state index contributed by atoms with van der Waals surface area (Å²) >= 11 is 0. The van der Waals surface area contributed by atoms with Crippen molar-refractivity contribution in [3.8, 4) is 0 Å². The molecule has 6 nitrogen and oxygen atoms in total. The summed E-state index contributed by atoms with van der Waals surface area (Å²) in [6.45, 7) is 3.11. The molecule has 4 N–H and O–H groups in total. The number of carbonyl (C=O) groups excluding carboxylic acids is 1. The maximum absolute atomic E-state index is 12.0. The highest BCUT2D eigenvalue weighted by molar-refractivity contribution is 5.93. The molecule has 0 aliphatic heterocycles. The molecule has 0 bridgehead atoms. The molecule has 20 heavy (non-hydrogen) atoms. The predicted molar refractivity (Wildman–Crippen MR) is 79.5 cm³/mol. The first-order chi connectivity index (χ1) is 9.65. The number of aromatic nitrogens is 1. The number of nitrogens with one attached hydrogen (secondary N) is 2. The Bertz CT molecular complexity index is 421. The first kappa shape index (κ1) is 15.9. The van der Waals surface area contributed by atoms with E-state index in [0.29, 0.717) is 19.5 Å². The lowest BCUT2D eigenvalue weighted by Crippen LogP contribution is -2.48. The van der Waals surface area contributed by atoms with E-state index in [4.69, 9.17) is 11.1 Å². The van der Waals surface area contributed by atoms with Crippen molar-refractivity contribution in [1.82, 2.24) is 15.2 Å². The summed E-state index contributed by atoms with van der Waals surface area (Å²) in [6, 6.07) is 3.47. The van der Waals surface area contributed by atoms with E-state index in [-0.39, 0.29) is 12.0 Å². The van der Waals surface area contributed by atoms with Gasteiger partial charge in [0.25, 0.3) is 0 Å². The van der Waals surface area contributed by atoms with Gasteiger partial charge in [0.2, 0.25) is 0 Å². The van der Waals surface area contributed by atoms with Crippen LogP contribution in [0, 0.1) is 5.41 Å². The standard InChI is InChI=1S/C14H23N5O/c1-2-3-4-8-18-14(20)19(13(15)16)11-7-12-5-9-17-10-6-12/h5-6,9-10H,2-4,7-8,11H2,1H3,(H3,15,16)(H,18,20). The van der Waals surface area contributed by atoms with Gasteiger partial charge < -0.3 is 11.1 Å². The minimum absolute atomic E-state index is 0.230. The molecule has 1 rings (SSSR count). The van der Waals surface area contributed by atoms with E-state index < -0.39 is 0 Å². The van der Waals surface area contributed by atoms with Gasteiger partial charge in [-0.15, -0.1) is 0 Å². The molecule has 0 fully saturated rings. The molecule has 6 heteroatoms. The topological polar surface area (TPSA) is 95.1 Å². The zero-order valence-electron chi connectivity index (χ0n) is 11.9. The Morgan fingerprint density at radius 1 is 1.40 bits per heavy atom. The monoisotopic (exact) mass is 277 g/mol. The summed E-state index contributed by atoms with van der Waals surface area (Å²) in [5.74, 6) is -0.230. The fourth-order valence-corrected chi connectivity index (χ4v) is 1.79. The van der Waals surface area contributed by atoms with Crippen LogP contribution in [0.2, 0.25) is 0 Å². The number of rotatable bonds is 7. The van der Waals surface area contributed by atoms with Gasteiger partial charge in [0.1, 0.15) is 0 Å². The molecule has 0 radical (unpaired) electrons. The van der Waals surface area contributed by atoms with Crippen molar-refractivity contribution in [2.24, 2.45) is 5.73 Å². The first-order valence-corrected chi connectivity index (χ1v) is 6.93. The van der Waals surface area contributed by atoms with Gasteiger partial charge in [-0.3, -0.25) is 15.3 Å². The Hall–Kier alpha value is -2.11. The first-order valence-electron chi connectivity index (χ1n) is 6.93. The molecule has 2 amide bonds. The third-order valence-electron chi connectivity index (χ3n) is 2.97. The zero-order valence-corrected chi connectivity index (χ0v) is 11.9. The lowest BCUT2D eigenvalue weighted by molar-refractivity contribution is 0.220. The number of carbonyl (C=O) groups is 1. The van der Waals surface area contributed by atoms with E-state index in [1.165, 1.54) is 4.90 Å². The van der Waals surface area contributed by atoms with Gasteiger partial charge in [-0.25, -0.2) is 4.79 Å². The van der Waals surface area contributed by atoms with Crippen LogP contribution >= 0.6 is 0 Å². The van der Waals surface area contributed by atoms with E-state index in [0.717, 1.165) is 24.8 Å². The Balaban J connectivity index is 2.43. The van der Waals surface area contributed by atoms with Gasteiger partial charge in [-0.1, -0.05) is 19.8 Å². The minimum Gasteiger partial charge on any atom is -0.370 e. The van der Waals surface area contributed by atoms with Crippen LogP contribution in [0.15, 0.2) is 24.5 Å². The quantitative estimate of drug-likeness (QED) is 0.402. The molecule has 0 aliphatic rings. The number of amides is 2. The second-order valence-electron chi connectivity index (χ2n) is 4.58. The molecule has 0 saturated heterocycles. The number of hydrogen-bond donors (Lipinski definition) is 3. The van der Waals surface area contributed by atoms with Gasteiger partial charge in [0.05, 0.1) is 0 Å². The van der Waals surface area contributed by atoms with Crippen LogP contribution in [0.4, 0.5) is 4.79 Å². The second-order valence-corrected chi connectivity index (χ2v) is 4.58. The molecule has 1 aromatic heterocycles. The molecule has 0 saturated carbocycles. The normalized spacial score (nSPS) is 10.1. The number of pyridine rings is 1. The Labute approximate surface area is 119 Å². The van der Waals surface area contributed by atoms with Gasteiger partial charge in [0, 0.05) is 25.5 Å². The average Bonchev–Trinajstić information content (AvgIpc) is 2.44. The summed E-state index contributed by atoms with van der Waals surface area (Å²) in [5, 5.41) is 10.3. The molecule has 0 aromatic carbocycles. The molecule has 1 heterocycles. The molecule has 110 valence electrons. The van der Waals surface area contributed by atoms with Crippen molar-refractivity contribution in [2.75, 3.05) is 13.1 Å². The Morgan fingerprint density at radius 2 is 2.10 bits per heavy atom. The van der Waals surface area contributed by atoms with Gasteiger partial charge in [0.15, 0.2) is 5.96 Å². The van der Waals surface area contributed by atoms with Crippen molar-refractivity contribution < 1.29 is 4.79 Å². The third kappa shape index (κ3) is 5.69. The zero-order chi connectivity index (χ0) is 14.8. The fraction of sp³-hybridized carbons (Fsp3) is 0.500. The van der Waals surface area contributed by atoms with Crippen LogP contribution in [0.1, 0.15) is 31.7 Å². The number of hydrogen-bond acceptors (Lipinski definition) is 3. The summed E-state index contributed by atoms with van der Waals surface area (Å²) < 4.78 is 0. The molecule has 0 atom stereocenters. The Morgan fingerprint density at radius 3 is 2.70 bits per heavy atom.